The topological polar surface area (TPSA) is 53.2 Å². The van der Waals surface area contributed by atoms with Crippen molar-refractivity contribution in [1.82, 2.24) is 0 Å². The molecule has 0 aliphatic carbocycles. The second-order valence-corrected chi connectivity index (χ2v) is 9.91. The van der Waals surface area contributed by atoms with Gasteiger partial charge in [-0.25, -0.2) is 0 Å². The number of aliphatic hydroxyl groups excluding tert-OH is 1. The lowest BCUT2D eigenvalue weighted by atomic mass is 10.2. The highest BCUT2D eigenvalue weighted by molar-refractivity contribution is 6.74. The van der Waals surface area contributed by atoms with E-state index in [0.29, 0.717) is 0 Å². The second kappa shape index (κ2) is 4.43. The molecular formula is C10H21NO2Si. The van der Waals surface area contributed by atoms with Crippen molar-refractivity contribution in [3.63, 3.8) is 0 Å². The van der Waals surface area contributed by atoms with E-state index in [2.05, 4.69) is 33.9 Å². The monoisotopic (exact) mass is 215 g/mol. The number of nitrogens with zero attached hydrogens (tertiary/aromatic N) is 1. The molecule has 2 atom stereocenters. The van der Waals surface area contributed by atoms with Crippen molar-refractivity contribution >= 4 is 8.32 Å². The first-order chi connectivity index (χ1) is 6.12. The molecule has 0 aliphatic heterocycles. The van der Waals surface area contributed by atoms with E-state index < -0.39 is 20.5 Å². The summed E-state index contributed by atoms with van der Waals surface area (Å²) in [5.74, 6) is 0. The molecule has 14 heavy (non-hydrogen) atoms. The number of nitriles is 1. The van der Waals surface area contributed by atoms with E-state index in [4.69, 9.17) is 9.69 Å². The normalized spacial score (nSPS) is 17.3. The van der Waals surface area contributed by atoms with Gasteiger partial charge in [-0.1, -0.05) is 20.8 Å². The molecule has 0 amide bonds. The summed E-state index contributed by atoms with van der Waals surface area (Å²) in [6.07, 6.45) is -1.43. The number of hydrogen-bond donors (Lipinski definition) is 1. The van der Waals surface area contributed by atoms with E-state index in [1.54, 1.807) is 13.0 Å². The van der Waals surface area contributed by atoms with Crippen molar-refractivity contribution in [2.24, 2.45) is 0 Å². The largest absolute Gasteiger partial charge is 0.410 e. The van der Waals surface area contributed by atoms with Crippen LogP contribution in [0.25, 0.3) is 0 Å². The predicted octanol–water partition coefficient (Wildman–Crippen LogP) is 2.28. The Hall–Kier alpha value is -0.373. The van der Waals surface area contributed by atoms with E-state index in [1.165, 1.54) is 0 Å². The standard InChI is InChI=1S/C10H21NO2Si/c1-8(9(12)7-11)13-14(5,6)10(2,3)4/h8-9,12H,1-6H3/t8?,9-/m1/s1. The summed E-state index contributed by atoms with van der Waals surface area (Å²) in [4.78, 5) is 0. The minimum atomic E-state index is -1.86. The van der Waals surface area contributed by atoms with Gasteiger partial charge in [0.15, 0.2) is 14.4 Å². The maximum absolute atomic E-state index is 9.29. The molecule has 0 aromatic rings. The Kier molecular flexibility index (Phi) is 4.31. The molecule has 0 aromatic heterocycles. The number of rotatable bonds is 3. The molecule has 0 rings (SSSR count). The van der Waals surface area contributed by atoms with Gasteiger partial charge in [-0.2, -0.15) is 5.26 Å². The Morgan fingerprint density at radius 2 is 1.79 bits per heavy atom. The van der Waals surface area contributed by atoms with Crippen LogP contribution < -0.4 is 0 Å². The maximum atomic E-state index is 9.29. The zero-order valence-corrected chi connectivity index (χ0v) is 11.0. The molecular weight excluding hydrogens is 194 g/mol. The average molecular weight is 215 g/mol. The van der Waals surface area contributed by atoms with E-state index in [0.717, 1.165) is 0 Å². The highest BCUT2D eigenvalue weighted by atomic mass is 28.4. The van der Waals surface area contributed by atoms with Crippen LogP contribution in [0, 0.1) is 11.3 Å². The fraction of sp³-hybridized carbons (Fsp3) is 0.900. The molecule has 0 radical (unpaired) electrons. The molecule has 0 bridgehead atoms. The van der Waals surface area contributed by atoms with Gasteiger partial charge in [0.1, 0.15) is 0 Å². The smallest absolute Gasteiger partial charge is 0.192 e. The molecule has 0 saturated carbocycles. The van der Waals surface area contributed by atoms with Crippen molar-refractivity contribution in [3.05, 3.63) is 0 Å². The van der Waals surface area contributed by atoms with E-state index in [-0.39, 0.29) is 5.04 Å². The molecule has 0 spiro atoms. The SMILES string of the molecule is CC(O[Si](C)(C)C(C)(C)C)[C@H](O)C#N. The Morgan fingerprint density at radius 1 is 1.36 bits per heavy atom. The lowest BCUT2D eigenvalue weighted by Crippen LogP contribution is -2.45. The fourth-order valence-corrected chi connectivity index (χ4v) is 2.22. The van der Waals surface area contributed by atoms with Gasteiger partial charge in [0.2, 0.25) is 0 Å². The van der Waals surface area contributed by atoms with Gasteiger partial charge in [-0.3, -0.25) is 0 Å². The Bertz CT molecular complexity index is 227. The fourth-order valence-electron chi connectivity index (χ4n) is 0.811. The van der Waals surface area contributed by atoms with Crippen molar-refractivity contribution < 1.29 is 9.53 Å². The molecule has 1 N–H and O–H groups in total. The van der Waals surface area contributed by atoms with Gasteiger partial charge in [0.25, 0.3) is 0 Å². The van der Waals surface area contributed by atoms with Crippen LogP contribution in [-0.2, 0) is 4.43 Å². The molecule has 0 aliphatic rings. The lowest BCUT2D eigenvalue weighted by Gasteiger charge is -2.38. The molecule has 0 heterocycles. The zero-order valence-electron chi connectivity index (χ0n) is 9.96. The van der Waals surface area contributed by atoms with E-state index >= 15 is 0 Å². The van der Waals surface area contributed by atoms with Gasteiger partial charge >= 0.3 is 0 Å². The van der Waals surface area contributed by atoms with Gasteiger partial charge in [-0.15, -0.1) is 0 Å². The summed E-state index contributed by atoms with van der Waals surface area (Å²) >= 11 is 0. The highest BCUT2D eigenvalue weighted by Crippen LogP contribution is 2.37. The molecule has 82 valence electrons. The summed E-state index contributed by atoms with van der Waals surface area (Å²) in [5, 5.41) is 17.9. The summed E-state index contributed by atoms with van der Waals surface area (Å²) in [5.41, 5.74) is 0. The van der Waals surface area contributed by atoms with Crippen LogP contribution in [-0.4, -0.2) is 25.6 Å². The van der Waals surface area contributed by atoms with Crippen LogP contribution in [0.15, 0.2) is 0 Å². The Labute approximate surface area is 87.8 Å². The first-order valence-electron chi connectivity index (χ1n) is 4.87. The van der Waals surface area contributed by atoms with Crippen molar-refractivity contribution in [3.8, 4) is 6.07 Å². The molecule has 3 nitrogen and oxygen atoms in total. The van der Waals surface area contributed by atoms with Gasteiger partial charge in [-0.05, 0) is 25.1 Å². The third-order valence-corrected chi connectivity index (χ3v) is 7.44. The minimum Gasteiger partial charge on any atom is -0.410 e. The highest BCUT2D eigenvalue weighted by Gasteiger charge is 2.39. The summed E-state index contributed by atoms with van der Waals surface area (Å²) < 4.78 is 5.82. The van der Waals surface area contributed by atoms with Crippen molar-refractivity contribution in [1.29, 1.82) is 5.26 Å². The molecule has 0 saturated heterocycles. The molecule has 0 aromatic carbocycles. The summed E-state index contributed by atoms with van der Waals surface area (Å²) in [7, 11) is -1.86. The first-order valence-corrected chi connectivity index (χ1v) is 7.78. The third-order valence-electron chi connectivity index (χ3n) is 2.86. The van der Waals surface area contributed by atoms with Gasteiger partial charge in [0.05, 0.1) is 12.2 Å². The second-order valence-electron chi connectivity index (χ2n) is 5.16. The Morgan fingerprint density at radius 3 is 2.07 bits per heavy atom. The minimum absolute atomic E-state index is 0.108. The van der Waals surface area contributed by atoms with Crippen LogP contribution in [0.4, 0.5) is 0 Å². The molecule has 0 fully saturated rings. The van der Waals surface area contributed by atoms with E-state index in [9.17, 15) is 5.11 Å². The Balaban J connectivity index is 4.46. The molecule has 1 unspecified atom stereocenters. The number of aliphatic hydroxyl groups is 1. The number of hydrogen-bond acceptors (Lipinski definition) is 3. The summed E-state index contributed by atoms with van der Waals surface area (Å²) in [6, 6.07) is 1.79. The van der Waals surface area contributed by atoms with Gasteiger partial charge < -0.3 is 9.53 Å². The van der Waals surface area contributed by atoms with E-state index in [1.807, 2.05) is 0 Å². The van der Waals surface area contributed by atoms with Crippen LogP contribution in [0.2, 0.25) is 18.1 Å². The third kappa shape index (κ3) is 3.41. The first kappa shape index (κ1) is 13.6. The van der Waals surface area contributed by atoms with Crippen LogP contribution in [0.3, 0.4) is 0 Å². The van der Waals surface area contributed by atoms with Crippen LogP contribution in [0.1, 0.15) is 27.7 Å². The van der Waals surface area contributed by atoms with Crippen molar-refractivity contribution in [2.75, 3.05) is 0 Å². The summed E-state index contributed by atoms with van der Waals surface area (Å²) in [6.45, 7) is 12.3. The van der Waals surface area contributed by atoms with Crippen LogP contribution >= 0.6 is 0 Å². The van der Waals surface area contributed by atoms with Crippen molar-refractivity contribution in [2.45, 2.75) is 58.0 Å². The molecule has 4 heteroatoms. The van der Waals surface area contributed by atoms with Crippen LogP contribution in [0.5, 0.6) is 0 Å². The average Bonchev–Trinajstić information content (AvgIpc) is 2.00. The lowest BCUT2D eigenvalue weighted by molar-refractivity contribution is 0.0739. The zero-order chi connectivity index (χ0) is 11.6. The maximum Gasteiger partial charge on any atom is 0.192 e. The predicted molar refractivity (Wildman–Crippen MR) is 59.4 cm³/mol. The van der Waals surface area contributed by atoms with Gasteiger partial charge in [0, 0.05) is 0 Å². The quantitative estimate of drug-likeness (QED) is 0.580.